The lowest BCUT2D eigenvalue weighted by Gasteiger charge is -2.72. The summed E-state index contributed by atoms with van der Waals surface area (Å²) < 4.78 is 35.4. The zero-order valence-electron chi connectivity index (χ0n) is 38.5. The zero-order chi connectivity index (χ0) is 46.8. The third kappa shape index (κ3) is 8.91. The molecular weight excluding hydrogens is 824 g/mol. The molecule has 1 unspecified atom stereocenters. The Morgan fingerprint density at radius 3 is 2.03 bits per heavy atom. The standard InChI is InChI=1S/C46H76O17/c1-22(2)11-10-14-46(8,63-41-38(57)35(54)33(52)26(20-47)61-41)23-12-16-44(6)32(23)24(48)17-28-43(5)15-13-29(49)42(3,4)39(43)25(19-45(28,44)7)60-40-37(56)36(55)34(53)27(62-40)21-59-31(51)18-30(50)58-9/h11,23-29,32-41,47-49,52-57H,10,12-21H2,1-9H3/t23-,24+,25-,26+,27+,28+,29-,32-,33+,34+,35-,36-,37+,38+,39?,40+,41-,43+,44+,45+,46-/m0/s1. The van der Waals surface area contributed by atoms with Gasteiger partial charge in [0.25, 0.3) is 0 Å². The fourth-order valence-corrected chi connectivity index (χ4v) is 13.9. The Morgan fingerprint density at radius 1 is 0.794 bits per heavy atom. The van der Waals surface area contributed by atoms with Crippen molar-refractivity contribution in [3.63, 3.8) is 0 Å². The van der Waals surface area contributed by atoms with Gasteiger partial charge in [-0.1, -0.05) is 46.3 Å². The van der Waals surface area contributed by atoms with Crippen molar-refractivity contribution in [2.24, 2.45) is 45.3 Å². The fraction of sp³-hybridized carbons (Fsp3) is 0.913. The molecule has 2 saturated heterocycles. The minimum Gasteiger partial charge on any atom is -0.469 e. The molecule has 6 fully saturated rings. The van der Waals surface area contributed by atoms with Crippen molar-refractivity contribution in [3.05, 3.63) is 11.6 Å². The molecule has 0 bridgehead atoms. The van der Waals surface area contributed by atoms with Gasteiger partial charge in [0.05, 0.1) is 37.6 Å². The maximum absolute atomic E-state index is 12.6. The van der Waals surface area contributed by atoms with Crippen molar-refractivity contribution in [1.82, 2.24) is 0 Å². The van der Waals surface area contributed by atoms with E-state index in [0.717, 1.165) is 12.7 Å². The molecule has 17 heteroatoms. The van der Waals surface area contributed by atoms with Crippen LogP contribution in [0.3, 0.4) is 0 Å². The monoisotopic (exact) mass is 901 g/mol. The number of carbonyl (C=O) groups is 2. The Morgan fingerprint density at radius 2 is 1.41 bits per heavy atom. The summed E-state index contributed by atoms with van der Waals surface area (Å²) in [5, 5.41) is 100. The van der Waals surface area contributed by atoms with E-state index in [4.69, 9.17) is 23.7 Å². The molecule has 9 N–H and O–H groups in total. The molecule has 0 amide bonds. The lowest BCUT2D eigenvalue weighted by Crippen LogP contribution is -2.71. The van der Waals surface area contributed by atoms with Gasteiger partial charge in [0.2, 0.25) is 0 Å². The van der Waals surface area contributed by atoms with E-state index < -0.39 is 139 Å². The number of hydrogen-bond donors (Lipinski definition) is 9. The van der Waals surface area contributed by atoms with Gasteiger partial charge in [-0.25, -0.2) is 0 Å². The van der Waals surface area contributed by atoms with Gasteiger partial charge in [-0.15, -0.1) is 0 Å². The summed E-state index contributed by atoms with van der Waals surface area (Å²) in [5.41, 5.74) is -2.29. The topological polar surface area (TPSA) is 272 Å². The summed E-state index contributed by atoms with van der Waals surface area (Å²) >= 11 is 0. The number of aliphatic hydroxyl groups excluding tert-OH is 9. The largest absolute Gasteiger partial charge is 0.469 e. The Labute approximate surface area is 371 Å². The first-order valence-electron chi connectivity index (χ1n) is 22.9. The zero-order valence-corrected chi connectivity index (χ0v) is 38.5. The molecule has 63 heavy (non-hydrogen) atoms. The van der Waals surface area contributed by atoms with Crippen LogP contribution in [0.4, 0.5) is 0 Å². The van der Waals surface area contributed by atoms with Crippen LogP contribution >= 0.6 is 0 Å². The van der Waals surface area contributed by atoms with E-state index in [9.17, 15) is 55.5 Å². The Kier molecular flexibility index (Phi) is 15.0. The second-order valence-electron chi connectivity index (χ2n) is 21.5. The van der Waals surface area contributed by atoms with Crippen LogP contribution in [-0.4, -0.2) is 164 Å². The van der Waals surface area contributed by atoms with Gasteiger partial charge in [0.1, 0.15) is 61.9 Å². The van der Waals surface area contributed by atoms with E-state index >= 15 is 0 Å². The summed E-state index contributed by atoms with van der Waals surface area (Å²) in [4.78, 5) is 24.0. The Bertz CT molecular complexity index is 1650. The molecule has 17 nitrogen and oxygen atoms in total. The van der Waals surface area contributed by atoms with Crippen LogP contribution in [0.2, 0.25) is 0 Å². The lowest BCUT2D eigenvalue weighted by molar-refractivity contribution is -0.350. The molecule has 21 atom stereocenters. The van der Waals surface area contributed by atoms with Crippen molar-refractivity contribution in [2.75, 3.05) is 20.3 Å². The van der Waals surface area contributed by atoms with E-state index in [2.05, 4.69) is 31.6 Å². The average Bonchev–Trinajstić information content (AvgIpc) is 3.60. The van der Waals surface area contributed by atoms with E-state index in [-0.39, 0.29) is 23.7 Å². The second-order valence-corrected chi connectivity index (χ2v) is 21.5. The number of ether oxygens (including phenoxy) is 6. The highest BCUT2D eigenvalue weighted by Crippen LogP contribution is 2.76. The van der Waals surface area contributed by atoms with Crippen molar-refractivity contribution in [3.8, 4) is 0 Å². The van der Waals surface area contributed by atoms with Gasteiger partial charge in [-0.05, 0) is 117 Å². The van der Waals surface area contributed by atoms with E-state index in [0.29, 0.717) is 51.4 Å². The maximum atomic E-state index is 12.6. The summed E-state index contributed by atoms with van der Waals surface area (Å²) in [6.07, 6.45) is -11.7. The molecule has 362 valence electrons. The van der Waals surface area contributed by atoms with Crippen LogP contribution in [0.25, 0.3) is 0 Å². The Hall–Kier alpha value is -1.84. The third-order valence-corrected chi connectivity index (χ3v) is 17.3. The fourth-order valence-electron chi connectivity index (χ4n) is 13.9. The quantitative estimate of drug-likeness (QED) is 0.0545. The van der Waals surface area contributed by atoms with Gasteiger partial charge in [-0.2, -0.15) is 0 Å². The van der Waals surface area contributed by atoms with E-state index in [1.807, 2.05) is 34.6 Å². The molecular formula is C46H76O17. The molecule has 0 aromatic carbocycles. The van der Waals surface area contributed by atoms with Crippen LogP contribution in [0.1, 0.15) is 113 Å². The SMILES string of the molecule is COC(=O)CC(=O)OC[C@H]1O[C@@H](O[C@H]2C[C@]3(C)[C@H](C[C@@H](O)[C@@H]4[C@@H]([C@](C)(CCC=C(C)C)O[C@@H]5O[C@H](CO)[C@@H](O)[C@H](O)[C@H]5O)CC[C@]43C)[C@@]3(C)CC[C@H](O)C(C)(C)C23)[C@H](O)[C@@H](O)[C@@H]1O. The van der Waals surface area contributed by atoms with Crippen LogP contribution in [0, 0.1) is 45.3 Å². The van der Waals surface area contributed by atoms with Crippen LogP contribution < -0.4 is 0 Å². The van der Waals surface area contributed by atoms with Crippen molar-refractivity contribution in [2.45, 2.75) is 199 Å². The first kappa shape index (κ1) is 50.6. The summed E-state index contributed by atoms with van der Waals surface area (Å²) in [6, 6.07) is 0. The molecule has 6 aliphatic rings. The molecule has 0 radical (unpaired) electrons. The molecule has 4 saturated carbocycles. The number of fused-ring (bicyclic) bond motifs is 5. The molecule has 4 aliphatic carbocycles. The number of allylic oxidation sites excluding steroid dienone is 2. The number of esters is 2. The van der Waals surface area contributed by atoms with Gasteiger partial charge < -0.3 is 74.4 Å². The molecule has 2 heterocycles. The summed E-state index contributed by atoms with van der Waals surface area (Å²) in [5.74, 6) is -2.78. The Balaban J connectivity index is 1.35. The van der Waals surface area contributed by atoms with Gasteiger partial charge in [0, 0.05) is 0 Å². The predicted molar refractivity (Wildman–Crippen MR) is 223 cm³/mol. The number of aliphatic hydroxyl groups is 9. The van der Waals surface area contributed by atoms with Crippen LogP contribution in [-0.2, 0) is 38.0 Å². The van der Waals surface area contributed by atoms with Gasteiger partial charge >= 0.3 is 11.9 Å². The normalized spacial score (nSPS) is 47.9. The number of hydrogen-bond acceptors (Lipinski definition) is 17. The smallest absolute Gasteiger partial charge is 0.317 e. The summed E-state index contributed by atoms with van der Waals surface area (Å²) in [6.45, 7) is 15.5. The lowest BCUT2D eigenvalue weighted by atomic mass is 9.34. The second kappa shape index (κ2) is 18.7. The average molecular weight is 901 g/mol. The molecule has 0 aromatic heterocycles. The molecule has 0 aromatic rings. The van der Waals surface area contributed by atoms with Crippen molar-refractivity contribution < 1.29 is 84.0 Å². The maximum Gasteiger partial charge on any atom is 0.317 e. The first-order chi connectivity index (χ1) is 29.3. The first-order valence-corrected chi connectivity index (χ1v) is 22.9. The number of methoxy groups -OCH3 is 1. The highest BCUT2D eigenvalue weighted by atomic mass is 16.7. The van der Waals surface area contributed by atoms with E-state index in [1.165, 1.54) is 0 Å². The molecule has 6 rings (SSSR count). The number of carbonyl (C=O) groups excluding carboxylic acids is 2. The van der Waals surface area contributed by atoms with Crippen LogP contribution in [0.5, 0.6) is 0 Å². The number of rotatable bonds is 13. The molecule has 0 spiro atoms. The van der Waals surface area contributed by atoms with Crippen LogP contribution in [0.15, 0.2) is 11.6 Å². The minimum atomic E-state index is -1.74. The van der Waals surface area contributed by atoms with Crippen molar-refractivity contribution in [1.29, 1.82) is 0 Å². The molecule has 2 aliphatic heterocycles. The predicted octanol–water partition coefficient (Wildman–Crippen LogP) is 1.23. The third-order valence-electron chi connectivity index (χ3n) is 17.3. The van der Waals surface area contributed by atoms with Gasteiger partial charge in [0.15, 0.2) is 12.6 Å². The summed E-state index contributed by atoms with van der Waals surface area (Å²) in [7, 11) is 1.13. The van der Waals surface area contributed by atoms with E-state index in [1.54, 1.807) is 0 Å². The van der Waals surface area contributed by atoms with Gasteiger partial charge in [-0.3, -0.25) is 9.59 Å². The highest BCUT2D eigenvalue weighted by molar-refractivity contribution is 5.91. The highest BCUT2D eigenvalue weighted by Gasteiger charge is 2.74. The van der Waals surface area contributed by atoms with Crippen molar-refractivity contribution >= 4 is 11.9 Å². The minimum absolute atomic E-state index is 0.0634.